The minimum absolute atomic E-state index is 0.103. The first-order chi connectivity index (χ1) is 6.86. The van der Waals surface area contributed by atoms with Crippen molar-refractivity contribution in [1.29, 1.82) is 0 Å². The van der Waals surface area contributed by atoms with E-state index < -0.39 is 0 Å². The van der Waals surface area contributed by atoms with Crippen LogP contribution < -0.4 is 0 Å². The standard InChI is InChI=1S/C10H18N2O2/c1-3-13-10(14-4-2)6-9-12-8-5-7-11-12/h5,7-8,10H,3-4,6,9H2,1-2H3. The van der Waals surface area contributed by atoms with E-state index in [1.54, 1.807) is 6.20 Å². The Morgan fingerprint density at radius 2 is 2.00 bits per heavy atom. The van der Waals surface area contributed by atoms with E-state index in [2.05, 4.69) is 5.10 Å². The van der Waals surface area contributed by atoms with Crippen molar-refractivity contribution in [2.45, 2.75) is 33.1 Å². The highest BCUT2D eigenvalue weighted by molar-refractivity contribution is 4.77. The van der Waals surface area contributed by atoms with Crippen molar-refractivity contribution < 1.29 is 9.47 Å². The van der Waals surface area contributed by atoms with Gasteiger partial charge in [-0.15, -0.1) is 0 Å². The topological polar surface area (TPSA) is 36.3 Å². The number of rotatable bonds is 7. The molecule has 1 aromatic rings. The molecule has 0 bridgehead atoms. The smallest absolute Gasteiger partial charge is 0.159 e. The van der Waals surface area contributed by atoms with Gasteiger partial charge in [0.1, 0.15) is 0 Å². The molecule has 0 aliphatic carbocycles. The van der Waals surface area contributed by atoms with Gasteiger partial charge in [0.25, 0.3) is 0 Å². The maximum absolute atomic E-state index is 5.42. The number of nitrogens with zero attached hydrogens (tertiary/aromatic N) is 2. The van der Waals surface area contributed by atoms with Crippen molar-refractivity contribution >= 4 is 0 Å². The van der Waals surface area contributed by atoms with E-state index >= 15 is 0 Å². The molecule has 0 unspecified atom stereocenters. The average Bonchev–Trinajstić information content (AvgIpc) is 2.67. The summed E-state index contributed by atoms with van der Waals surface area (Å²) in [5.74, 6) is 0. The Morgan fingerprint density at radius 3 is 2.50 bits per heavy atom. The summed E-state index contributed by atoms with van der Waals surface area (Å²) in [5, 5.41) is 4.11. The first-order valence-electron chi connectivity index (χ1n) is 5.07. The Labute approximate surface area is 84.8 Å². The lowest BCUT2D eigenvalue weighted by Crippen LogP contribution is -2.19. The van der Waals surface area contributed by atoms with Crippen molar-refractivity contribution in [3.05, 3.63) is 18.5 Å². The molecule has 0 aromatic carbocycles. The molecule has 14 heavy (non-hydrogen) atoms. The molecule has 0 radical (unpaired) electrons. The van der Waals surface area contributed by atoms with E-state index in [9.17, 15) is 0 Å². The van der Waals surface area contributed by atoms with Gasteiger partial charge in [-0.25, -0.2) is 0 Å². The molecule has 1 heterocycles. The van der Waals surface area contributed by atoms with Gasteiger partial charge in [-0.2, -0.15) is 5.10 Å². The minimum Gasteiger partial charge on any atom is -0.353 e. The minimum atomic E-state index is -0.103. The fraction of sp³-hybridized carbons (Fsp3) is 0.700. The summed E-state index contributed by atoms with van der Waals surface area (Å²) in [6, 6.07) is 1.91. The van der Waals surface area contributed by atoms with Crippen LogP contribution in [0.1, 0.15) is 20.3 Å². The van der Waals surface area contributed by atoms with Crippen molar-refractivity contribution in [2.24, 2.45) is 0 Å². The van der Waals surface area contributed by atoms with Crippen LogP contribution >= 0.6 is 0 Å². The zero-order valence-electron chi connectivity index (χ0n) is 8.85. The molecule has 0 fully saturated rings. The zero-order chi connectivity index (χ0) is 10.2. The van der Waals surface area contributed by atoms with E-state index in [0.29, 0.717) is 13.2 Å². The van der Waals surface area contributed by atoms with Crippen LogP contribution in [0.2, 0.25) is 0 Å². The van der Waals surface area contributed by atoms with E-state index in [1.807, 2.05) is 30.8 Å². The summed E-state index contributed by atoms with van der Waals surface area (Å²) in [7, 11) is 0. The Hall–Kier alpha value is -0.870. The first kappa shape index (κ1) is 11.2. The van der Waals surface area contributed by atoms with Crippen LogP contribution in [0.25, 0.3) is 0 Å². The average molecular weight is 198 g/mol. The maximum atomic E-state index is 5.42. The number of hydrogen-bond acceptors (Lipinski definition) is 3. The Balaban J connectivity index is 2.25. The molecule has 0 aliphatic rings. The van der Waals surface area contributed by atoms with Crippen LogP contribution in [0, 0.1) is 0 Å². The normalized spacial score (nSPS) is 11.1. The fourth-order valence-corrected chi connectivity index (χ4v) is 1.26. The van der Waals surface area contributed by atoms with Crippen molar-refractivity contribution in [2.75, 3.05) is 13.2 Å². The third-order valence-electron chi connectivity index (χ3n) is 1.86. The maximum Gasteiger partial charge on any atom is 0.159 e. The number of aromatic nitrogens is 2. The predicted molar refractivity (Wildman–Crippen MR) is 53.9 cm³/mol. The van der Waals surface area contributed by atoms with Crippen LogP contribution in [0.4, 0.5) is 0 Å². The van der Waals surface area contributed by atoms with E-state index in [0.717, 1.165) is 13.0 Å². The fourth-order valence-electron chi connectivity index (χ4n) is 1.26. The van der Waals surface area contributed by atoms with E-state index in [1.165, 1.54) is 0 Å². The van der Waals surface area contributed by atoms with Gasteiger partial charge in [0.15, 0.2) is 6.29 Å². The molecule has 80 valence electrons. The molecule has 0 saturated carbocycles. The molecular weight excluding hydrogens is 180 g/mol. The van der Waals surface area contributed by atoms with Crippen LogP contribution in [-0.2, 0) is 16.0 Å². The van der Waals surface area contributed by atoms with Gasteiger partial charge in [0.05, 0.1) is 0 Å². The van der Waals surface area contributed by atoms with E-state index in [4.69, 9.17) is 9.47 Å². The molecule has 4 nitrogen and oxygen atoms in total. The zero-order valence-corrected chi connectivity index (χ0v) is 8.85. The third-order valence-corrected chi connectivity index (χ3v) is 1.86. The summed E-state index contributed by atoms with van der Waals surface area (Å²) >= 11 is 0. The lowest BCUT2D eigenvalue weighted by Gasteiger charge is -2.16. The van der Waals surface area contributed by atoms with Gasteiger partial charge in [0.2, 0.25) is 0 Å². The van der Waals surface area contributed by atoms with Gasteiger partial charge < -0.3 is 9.47 Å². The summed E-state index contributed by atoms with van der Waals surface area (Å²) < 4.78 is 12.7. The largest absolute Gasteiger partial charge is 0.353 e. The number of ether oxygens (including phenoxy) is 2. The molecule has 0 amide bonds. The van der Waals surface area contributed by atoms with Gasteiger partial charge in [-0.05, 0) is 19.9 Å². The molecule has 0 spiro atoms. The summed E-state index contributed by atoms with van der Waals surface area (Å²) in [6.07, 6.45) is 4.45. The molecule has 0 aliphatic heterocycles. The molecule has 0 saturated heterocycles. The highest BCUT2D eigenvalue weighted by atomic mass is 16.7. The Bertz CT molecular complexity index is 218. The first-order valence-corrected chi connectivity index (χ1v) is 5.07. The van der Waals surface area contributed by atoms with Gasteiger partial charge in [-0.3, -0.25) is 4.68 Å². The van der Waals surface area contributed by atoms with Crippen molar-refractivity contribution in [1.82, 2.24) is 9.78 Å². The Morgan fingerprint density at radius 1 is 1.29 bits per heavy atom. The quantitative estimate of drug-likeness (QED) is 0.625. The van der Waals surface area contributed by atoms with Gasteiger partial charge in [-0.1, -0.05) is 0 Å². The lowest BCUT2D eigenvalue weighted by molar-refractivity contribution is -0.141. The highest BCUT2D eigenvalue weighted by Crippen LogP contribution is 2.02. The summed E-state index contributed by atoms with van der Waals surface area (Å²) in [6.45, 7) is 6.14. The second kappa shape index (κ2) is 6.56. The molecule has 1 rings (SSSR count). The number of aryl methyl sites for hydroxylation is 1. The summed E-state index contributed by atoms with van der Waals surface area (Å²) in [4.78, 5) is 0. The van der Waals surface area contributed by atoms with Crippen molar-refractivity contribution in [3.63, 3.8) is 0 Å². The van der Waals surface area contributed by atoms with E-state index in [-0.39, 0.29) is 6.29 Å². The van der Waals surface area contributed by atoms with Crippen LogP contribution in [0.5, 0.6) is 0 Å². The lowest BCUT2D eigenvalue weighted by atomic mass is 10.4. The molecular formula is C10H18N2O2. The van der Waals surface area contributed by atoms with Crippen LogP contribution in [0.3, 0.4) is 0 Å². The second-order valence-corrected chi connectivity index (χ2v) is 2.90. The SMILES string of the molecule is CCOC(CCn1cccn1)OCC. The van der Waals surface area contributed by atoms with Crippen molar-refractivity contribution in [3.8, 4) is 0 Å². The van der Waals surface area contributed by atoms with Gasteiger partial charge >= 0.3 is 0 Å². The Kier molecular flexibility index (Phi) is 5.25. The summed E-state index contributed by atoms with van der Waals surface area (Å²) in [5.41, 5.74) is 0. The monoisotopic (exact) mass is 198 g/mol. The molecule has 0 atom stereocenters. The number of hydrogen-bond donors (Lipinski definition) is 0. The molecule has 4 heteroatoms. The predicted octanol–water partition coefficient (Wildman–Crippen LogP) is 1.67. The second-order valence-electron chi connectivity index (χ2n) is 2.90. The molecule has 0 N–H and O–H groups in total. The molecule has 1 aromatic heterocycles. The third kappa shape index (κ3) is 3.89. The van der Waals surface area contributed by atoms with Crippen LogP contribution in [-0.4, -0.2) is 29.3 Å². The highest BCUT2D eigenvalue weighted by Gasteiger charge is 2.07. The van der Waals surface area contributed by atoms with Gasteiger partial charge in [0, 0.05) is 38.6 Å². The van der Waals surface area contributed by atoms with Crippen LogP contribution in [0.15, 0.2) is 18.5 Å².